The number of rotatable bonds is 6. The van der Waals surface area contributed by atoms with Crippen molar-refractivity contribution in [2.45, 2.75) is 50.5 Å². The van der Waals surface area contributed by atoms with Crippen molar-refractivity contribution < 1.29 is 5.11 Å². The average Bonchev–Trinajstić information content (AvgIpc) is 2.64. The SMILES string of the molecule is CN(CCCc1ccc(O)cc1)[C@H]1CC[C@H](c2ccccc2)CC1. The summed E-state index contributed by atoms with van der Waals surface area (Å²) in [7, 11) is 2.28. The zero-order chi connectivity index (χ0) is 16.8. The molecule has 0 saturated heterocycles. The van der Waals surface area contributed by atoms with E-state index in [0.29, 0.717) is 5.75 Å². The minimum atomic E-state index is 0.353. The first-order valence-electron chi connectivity index (χ1n) is 9.25. The summed E-state index contributed by atoms with van der Waals surface area (Å²) in [6, 6.07) is 19.4. The smallest absolute Gasteiger partial charge is 0.115 e. The van der Waals surface area contributed by atoms with Crippen molar-refractivity contribution in [2.24, 2.45) is 0 Å². The highest BCUT2D eigenvalue weighted by Gasteiger charge is 2.24. The van der Waals surface area contributed by atoms with Crippen molar-refractivity contribution in [3.63, 3.8) is 0 Å². The molecule has 0 aliphatic heterocycles. The molecule has 0 spiro atoms. The Balaban J connectivity index is 1.40. The van der Waals surface area contributed by atoms with Crippen molar-refractivity contribution in [3.05, 3.63) is 65.7 Å². The monoisotopic (exact) mass is 323 g/mol. The van der Waals surface area contributed by atoms with Gasteiger partial charge in [-0.15, -0.1) is 0 Å². The third-order valence-electron chi connectivity index (χ3n) is 5.50. The molecule has 24 heavy (non-hydrogen) atoms. The van der Waals surface area contributed by atoms with Gasteiger partial charge in [-0.1, -0.05) is 42.5 Å². The number of benzene rings is 2. The maximum absolute atomic E-state index is 9.34. The molecule has 0 bridgehead atoms. The average molecular weight is 323 g/mol. The lowest BCUT2D eigenvalue weighted by Gasteiger charge is -2.35. The van der Waals surface area contributed by atoms with Gasteiger partial charge in [0.25, 0.3) is 0 Å². The zero-order valence-corrected chi connectivity index (χ0v) is 14.7. The molecule has 0 amide bonds. The van der Waals surface area contributed by atoms with Gasteiger partial charge in [-0.3, -0.25) is 0 Å². The van der Waals surface area contributed by atoms with Crippen LogP contribution < -0.4 is 0 Å². The molecule has 2 aromatic carbocycles. The number of hydrogen-bond acceptors (Lipinski definition) is 2. The third kappa shape index (κ3) is 4.61. The Kier molecular flexibility index (Phi) is 5.92. The maximum atomic E-state index is 9.34. The lowest BCUT2D eigenvalue weighted by molar-refractivity contribution is 0.181. The lowest BCUT2D eigenvalue weighted by Crippen LogP contribution is -2.35. The molecule has 1 fully saturated rings. The van der Waals surface area contributed by atoms with Gasteiger partial charge in [-0.05, 0) is 81.3 Å². The van der Waals surface area contributed by atoms with Gasteiger partial charge in [-0.2, -0.15) is 0 Å². The Morgan fingerprint density at radius 1 is 0.917 bits per heavy atom. The molecular weight excluding hydrogens is 294 g/mol. The highest BCUT2D eigenvalue weighted by molar-refractivity contribution is 5.25. The molecule has 0 atom stereocenters. The molecule has 0 radical (unpaired) electrons. The van der Waals surface area contributed by atoms with Crippen LogP contribution in [-0.4, -0.2) is 29.6 Å². The largest absolute Gasteiger partial charge is 0.508 e. The van der Waals surface area contributed by atoms with E-state index in [9.17, 15) is 5.11 Å². The second kappa shape index (κ2) is 8.34. The molecule has 0 aromatic heterocycles. The van der Waals surface area contributed by atoms with E-state index in [1.807, 2.05) is 12.1 Å². The van der Waals surface area contributed by atoms with Gasteiger partial charge >= 0.3 is 0 Å². The van der Waals surface area contributed by atoms with E-state index in [0.717, 1.165) is 24.9 Å². The summed E-state index contributed by atoms with van der Waals surface area (Å²) < 4.78 is 0. The Bertz CT molecular complexity index is 600. The third-order valence-corrected chi connectivity index (χ3v) is 5.50. The molecule has 2 aromatic rings. The molecule has 3 rings (SSSR count). The van der Waals surface area contributed by atoms with Crippen LogP contribution in [0.5, 0.6) is 5.75 Å². The van der Waals surface area contributed by atoms with E-state index in [1.54, 1.807) is 12.1 Å². The Labute approximate surface area is 146 Å². The summed E-state index contributed by atoms with van der Waals surface area (Å²) in [5, 5.41) is 9.34. The van der Waals surface area contributed by atoms with E-state index in [2.05, 4.69) is 42.3 Å². The molecule has 128 valence electrons. The van der Waals surface area contributed by atoms with Gasteiger partial charge in [0.15, 0.2) is 0 Å². The number of phenols is 1. The fraction of sp³-hybridized carbons (Fsp3) is 0.455. The number of aromatic hydroxyl groups is 1. The topological polar surface area (TPSA) is 23.5 Å². The van der Waals surface area contributed by atoms with Crippen LogP contribution in [0.25, 0.3) is 0 Å². The minimum absolute atomic E-state index is 0.353. The number of hydrogen-bond donors (Lipinski definition) is 1. The van der Waals surface area contributed by atoms with Crippen molar-refractivity contribution in [3.8, 4) is 5.75 Å². The van der Waals surface area contributed by atoms with Crippen LogP contribution in [0.15, 0.2) is 54.6 Å². The maximum Gasteiger partial charge on any atom is 0.115 e. The summed E-state index contributed by atoms with van der Waals surface area (Å²) in [6.07, 6.45) is 7.53. The molecule has 1 saturated carbocycles. The molecule has 1 aliphatic rings. The number of aryl methyl sites for hydroxylation is 1. The van der Waals surface area contributed by atoms with Crippen molar-refractivity contribution in [1.29, 1.82) is 0 Å². The molecule has 1 N–H and O–H groups in total. The van der Waals surface area contributed by atoms with E-state index >= 15 is 0 Å². The van der Waals surface area contributed by atoms with Crippen molar-refractivity contribution in [2.75, 3.05) is 13.6 Å². The Hall–Kier alpha value is -1.80. The molecule has 1 aliphatic carbocycles. The Morgan fingerprint density at radius 2 is 1.58 bits per heavy atom. The second-order valence-corrected chi connectivity index (χ2v) is 7.17. The summed E-state index contributed by atoms with van der Waals surface area (Å²) in [5.41, 5.74) is 2.83. The fourth-order valence-electron chi connectivity index (χ4n) is 3.95. The summed E-state index contributed by atoms with van der Waals surface area (Å²) in [6.45, 7) is 1.15. The number of nitrogens with zero attached hydrogens (tertiary/aromatic N) is 1. The van der Waals surface area contributed by atoms with Crippen LogP contribution in [0.4, 0.5) is 0 Å². The highest BCUT2D eigenvalue weighted by atomic mass is 16.3. The summed E-state index contributed by atoms with van der Waals surface area (Å²) in [5.74, 6) is 1.11. The first kappa shape index (κ1) is 17.0. The van der Waals surface area contributed by atoms with E-state index in [1.165, 1.54) is 43.2 Å². The van der Waals surface area contributed by atoms with Crippen LogP contribution in [0.1, 0.15) is 49.1 Å². The second-order valence-electron chi connectivity index (χ2n) is 7.17. The highest BCUT2D eigenvalue weighted by Crippen LogP contribution is 2.34. The van der Waals surface area contributed by atoms with Gasteiger partial charge in [0.1, 0.15) is 5.75 Å². The van der Waals surface area contributed by atoms with Crippen LogP contribution in [-0.2, 0) is 6.42 Å². The van der Waals surface area contributed by atoms with Gasteiger partial charge < -0.3 is 10.0 Å². The van der Waals surface area contributed by atoms with Crippen LogP contribution in [0.2, 0.25) is 0 Å². The van der Waals surface area contributed by atoms with Crippen LogP contribution in [0, 0.1) is 0 Å². The quantitative estimate of drug-likeness (QED) is 0.810. The summed E-state index contributed by atoms with van der Waals surface area (Å²) in [4.78, 5) is 2.56. The molecule has 0 heterocycles. The fourth-order valence-corrected chi connectivity index (χ4v) is 3.95. The standard InChI is InChI=1S/C22H29NO/c1-23(17-5-6-18-9-15-22(24)16-10-18)21-13-11-20(12-14-21)19-7-3-2-4-8-19/h2-4,7-10,15-16,20-21,24H,5-6,11-14,17H2,1H3/t20-,21-. The summed E-state index contributed by atoms with van der Waals surface area (Å²) >= 11 is 0. The van der Waals surface area contributed by atoms with Crippen LogP contribution in [0.3, 0.4) is 0 Å². The molecule has 2 nitrogen and oxygen atoms in total. The van der Waals surface area contributed by atoms with Gasteiger partial charge in [0, 0.05) is 6.04 Å². The van der Waals surface area contributed by atoms with Gasteiger partial charge in [0.2, 0.25) is 0 Å². The van der Waals surface area contributed by atoms with Crippen molar-refractivity contribution in [1.82, 2.24) is 4.90 Å². The molecule has 2 heteroatoms. The zero-order valence-electron chi connectivity index (χ0n) is 14.7. The Morgan fingerprint density at radius 3 is 2.25 bits per heavy atom. The first-order valence-corrected chi connectivity index (χ1v) is 9.25. The predicted molar refractivity (Wildman–Crippen MR) is 100 cm³/mol. The lowest BCUT2D eigenvalue weighted by atomic mass is 9.81. The number of phenolic OH excluding ortho intramolecular Hbond substituents is 1. The normalized spacial score (nSPS) is 21.1. The minimum Gasteiger partial charge on any atom is -0.508 e. The van der Waals surface area contributed by atoms with Gasteiger partial charge in [-0.25, -0.2) is 0 Å². The van der Waals surface area contributed by atoms with Crippen LogP contribution >= 0.6 is 0 Å². The first-order chi connectivity index (χ1) is 11.7. The molecule has 0 unspecified atom stereocenters. The van der Waals surface area contributed by atoms with Gasteiger partial charge in [0.05, 0.1) is 0 Å². The molecular formula is C22H29NO. The predicted octanol–water partition coefficient (Wildman–Crippen LogP) is 4.98. The van der Waals surface area contributed by atoms with Crippen molar-refractivity contribution >= 4 is 0 Å². The van der Waals surface area contributed by atoms with E-state index in [4.69, 9.17) is 0 Å². The van der Waals surface area contributed by atoms with E-state index in [-0.39, 0.29) is 0 Å². The van der Waals surface area contributed by atoms with E-state index < -0.39 is 0 Å².